The van der Waals surface area contributed by atoms with E-state index < -0.39 is 0 Å². The normalized spacial score (nSPS) is 21.4. The van der Waals surface area contributed by atoms with E-state index in [1.807, 2.05) is 0 Å². The Morgan fingerprint density at radius 2 is 2.19 bits per heavy atom. The molecule has 1 aliphatic heterocycles. The number of hydrogen-bond acceptors (Lipinski definition) is 2. The highest BCUT2D eigenvalue weighted by Crippen LogP contribution is 2.34. The third-order valence-electron chi connectivity index (χ3n) is 3.29. The van der Waals surface area contributed by atoms with E-state index in [0.29, 0.717) is 5.92 Å². The zero-order valence-electron chi connectivity index (χ0n) is 10.1. The van der Waals surface area contributed by atoms with Crippen LogP contribution in [0.5, 0.6) is 5.75 Å². The molecule has 1 aromatic rings. The molecule has 0 bridgehead atoms. The van der Waals surface area contributed by atoms with E-state index in [2.05, 4.69) is 46.9 Å². The van der Waals surface area contributed by atoms with Crippen LogP contribution in [0.15, 0.2) is 16.6 Å². The van der Waals surface area contributed by atoms with Crippen molar-refractivity contribution in [3.8, 4) is 5.75 Å². The summed E-state index contributed by atoms with van der Waals surface area (Å²) < 4.78 is 6.41. The van der Waals surface area contributed by atoms with Crippen LogP contribution in [0.3, 0.4) is 0 Å². The summed E-state index contributed by atoms with van der Waals surface area (Å²) in [5.41, 5.74) is 2.88. The molecule has 1 aliphatic rings. The van der Waals surface area contributed by atoms with E-state index in [1.54, 1.807) is 7.11 Å². The Morgan fingerprint density at radius 3 is 2.88 bits per heavy atom. The first kappa shape index (κ1) is 11.9. The van der Waals surface area contributed by atoms with Crippen molar-refractivity contribution in [3.63, 3.8) is 0 Å². The summed E-state index contributed by atoms with van der Waals surface area (Å²) in [4.78, 5) is 2.39. The van der Waals surface area contributed by atoms with Gasteiger partial charge in [0.05, 0.1) is 11.6 Å². The van der Waals surface area contributed by atoms with Gasteiger partial charge >= 0.3 is 0 Å². The van der Waals surface area contributed by atoms with Crippen LogP contribution in [-0.4, -0.2) is 32.1 Å². The van der Waals surface area contributed by atoms with E-state index in [1.165, 1.54) is 11.1 Å². The summed E-state index contributed by atoms with van der Waals surface area (Å²) >= 11 is 3.57. The van der Waals surface area contributed by atoms with Crippen molar-refractivity contribution in [1.82, 2.24) is 4.90 Å². The first-order chi connectivity index (χ1) is 7.61. The number of benzene rings is 1. The van der Waals surface area contributed by atoms with E-state index in [4.69, 9.17) is 4.74 Å². The third-order valence-corrected chi connectivity index (χ3v) is 3.91. The Kier molecular flexibility index (Phi) is 3.55. The molecule has 88 valence electrons. The molecule has 1 atom stereocenters. The molecule has 0 fully saturated rings. The monoisotopic (exact) mass is 283 g/mol. The van der Waals surface area contributed by atoms with Gasteiger partial charge in [-0.05, 0) is 58.6 Å². The summed E-state index contributed by atoms with van der Waals surface area (Å²) in [7, 11) is 3.91. The van der Waals surface area contributed by atoms with Gasteiger partial charge in [0.15, 0.2) is 0 Å². The van der Waals surface area contributed by atoms with Crippen LogP contribution in [0.25, 0.3) is 0 Å². The lowest BCUT2D eigenvalue weighted by Gasteiger charge is -2.17. The zero-order valence-corrected chi connectivity index (χ0v) is 11.7. The maximum absolute atomic E-state index is 5.35. The maximum atomic E-state index is 5.35. The average Bonchev–Trinajstić information content (AvgIpc) is 2.38. The average molecular weight is 284 g/mol. The molecule has 1 heterocycles. The Labute approximate surface area is 106 Å². The van der Waals surface area contributed by atoms with E-state index in [9.17, 15) is 0 Å². The van der Waals surface area contributed by atoms with Gasteiger partial charge in [-0.15, -0.1) is 0 Å². The lowest BCUT2D eigenvalue weighted by Crippen LogP contribution is -2.22. The zero-order chi connectivity index (χ0) is 11.7. The van der Waals surface area contributed by atoms with Crippen molar-refractivity contribution in [2.24, 2.45) is 0 Å². The molecule has 0 unspecified atom stereocenters. The number of likely N-dealkylation sites (N-methyl/N-ethyl adjacent to an activating group) is 1. The molecule has 16 heavy (non-hydrogen) atoms. The fraction of sp³-hybridized carbons (Fsp3) is 0.538. The molecular formula is C13H18BrNO. The summed E-state index contributed by atoms with van der Waals surface area (Å²) in [5, 5.41) is 0. The van der Waals surface area contributed by atoms with Gasteiger partial charge in [-0.1, -0.05) is 6.92 Å². The van der Waals surface area contributed by atoms with Gasteiger partial charge in [0.2, 0.25) is 0 Å². The van der Waals surface area contributed by atoms with Crippen LogP contribution in [-0.2, 0) is 6.42 Å². The minimum Gasteiger partial charge on any atom is -0.496 e. The smallest absolute Gasteiger partial charge is 0.133 e. The number of fused-ring (bicyclic) bond motifs is 1. The number of methoxy groups -OCH3 is 1. The van der Waals surface area contributed by atoms with Crippen molar-refractivity contribution in [2.45, 2.75) is 19.3 Å². The van der Waals surface area contributed by atoms with Gasteiger partial charge in [-0.2, -0.15) is 0 Å². The van der Waals surface area contributed by atoms with Crippen LogP contribution in [0.2, 0.25) is 0 Å². The summed E-state index contributed by atoms with van der Waals surface area (Å²) in [5.74, 6) is 1.53. The number of rotatable bonds is 1. The van der Waals surface area contributed by atoms with Crippen molar-refractivity contribution in [3.05, 3.63) is 27.7 Å². The van der Waals surface area contributed by atoms with Crippen LogP contribution >= 0.6 is 15.9 Å². The van der Waals surface area contributed by atoms with E-state index in [0.717, 1.165) is 29.7 Å². The minimum atomic E-state index is 0.588. The molecule has 2 nitrogen and oxygen atoms in total. The maximum Gasteiger partial charge on any atom is 0.133 e. The van der Waals surface area contributed by atoms with Crippen LogP contribution in [0, 0.1) is 0 Å². The second-order valence-electron chi connectivity index (χ2n) is 4.60. The topological polar surface area (TPSA) is 12.5 Å². The number of nitrogens with zero attached hydrogens (tertiary/aromatic N) is 1. The van der Waals surface area contributed by atoms with Gasteiger partial charge in [0, 0.05) is 13.1 Å². The molecule has 0 saturated heterocycles. The summed E-state index contributed by atoms with van der Waals surface area (Å²) in [6, 6.07) is 4.40. The van der Waals surface area contributed by atoms with Gasteiger partial charge in [0.1, 0.15) is 5.75 Å². The van der Waals surface area contributed by atoms with Gasteiger partial charge < -0.3 is 9.64 Å². The highest BCUT2D eigenvalue weighted by atomic mass is 79.9. The third kappa shape index (κ3) is 2.25. The van der Waals surface area contributed by atoms with Crippen LogP contribution < -0.4 is 4.74 Å². The molecule has 0 radical (unpaired) electrons. The van der Waals surface area contributed by atoms with Crippen LogP contribution in [0.4, 0.5) is 0 Å². The number of halogens is 1. The van der Waals surface area contributed by atoms with E-state index >= 15 is 0 Å². The standard InChI is InChI=1S/C13H18BrNO/c1-9-8-15(2)5-4-10-6-13(16-3)12(14)7-11(9)10/h6-7,9H,4-5,8H2,1-3H3/t9-/m0/s1. The predicted octanol–water partition coefficient (Wildman–Crippen LogP) is 3.05. The largest absolute Gasteiger partial charge is 0.496 e. The molecule has 2 rings (SSSR count). The molecule has 0 N–H and O–H groups in total. The first-order valence-electron chi connectivity index (χ1n) is 5.66. The predicted molar refractivity (Wildman–Crippen MR) is 70.3 cm³/mol. The molecule has 0 aliphatic carbocycles. The van der Waals surface area contributed by atoms with Crippen molar-refractivity contribution >= 4 is 15.9 Å². The Hall–Kier alpha value is -0.540. The lowest BCUT2D eigenvalue weighted by atomic mass is 9.95. The molecule has 0 aromatic heterocycles. The first-order valence-corrected chi connectivity index (χ1v) is 6.46. The van der Waals surface area contributed by atoms with Gasteiger partial charge in [-0.3, -0.25) is 0 Å². The SMILES string of the molecule is COc1cc2c(cc1Br)[C@@H](C)CN(C)CC2. The van der Waals surface area contributed by atoms with E-state index in [-0.39, 0.29) is 0 Å². The second kappa shape index (κ2) is 4.76. The quantitative estimate of drug-likeness (QED) is 0.786. The number of hydrogen-bond donors (Lipinski definition) is 0. The van der Waals surface area contributed by atoms with Gasteiger partial charge in [0.25, 0.3) is 0 Å². The van der Waals surface area contributed by atoms with Crippen molar-refractivity contribution in [2.75, 3.05) is 27.2 Å². The highest BCUT2D eigenvalue weighted by molar-refractivity contribution is 9.10. The Bertz CT molecular complexity index is 392. The number of ether oxygens (including phenoxy) is 1. The molecule has 3 heteroatoms. The Balaban J connectivity index is 2.43. The fourth-order valence-corrected chi connectivity index (χ4v) is 2.93. The molecule has 0 amide bonds. The minimum absolute atomic E-state index is 0.588. The molecular weight excluding hydrogens is 266 g/mol. The lowest BCUT2D eigenvalue weighted by molar-refractivity contribution is 0.332. The second-order valence-corrected chi connectivity index (χ2v) is 5.45. The van der Waals surface area contributed by atoms with Crippen molar-refractivity contribution in [1.29, 1.82) is 0 Å². The van der Waals surface area contributed by atoms with Crippen molar-refractivity contribution < 1.29 is 4.74 Å². The summed E-state index contributed by atoms with van der Waals surface area (Å²) in [6.07, 6.45) is 1.11. The fourth-order valence-electron chi connectivity index (χ4n) is 2.41. The molecule has 0 spiro atoms. The van der Waals surface area contributed by atoms with Crippen LogP contribution in [0.1, 0.15) is 24.0 Å². The molecule has 1 aromatic carbocycles. The highest BCUT2D eigenvalue weighted by Gasteiger charge is 2.19. The Morgan fingerprint density at radius 1 is 1.44 bits per heavy atom. The summed E-state index contributed by atoms with van der Waals surface area (Å²) in [6.45, 7) is 4.55. The molecule has 0 saturated carbocycles. The van der Waals surface area contributed by atoms with Gasteiger partial charge in [-0.25, -0.2) is 0 Å².